The lowest BCUT2D eigenvalue weighted by atomic mass is 10.1. The van der Waals surface area contributed by atoms with Crippen molar-refractivity contribution in [2.24, 2.45) is 0 Å². The van der Waals surface area contributed by atoms with Crippen LogP contribution in [0.4, 0.5) is 11.4 Å². The van der Waals surface area contributed by atoms with Gasteiger partial charge in [-0.15, -0.1) is 0 Å². The van der Waals surface area contributed by atoms with E-state index in [4.69, 9.17) is 17.3 Å². The second-order valence-corrected chi connectivity index (χ2v) is 7.10. The summed E-state index contributed by atoms with van der Waals surface area (Å²) in [6.45, 7) is 1.94. The van der Waals surface area contributed by atoms with Gasteiger partial charge in [0.05, 0.1) is 5.56 Å². The predicted octanol–water partition coefficient (Wildman–Crippen LogP) is 4.07. The van der Waals surface area contributed by atoms with Crippen molar-refractivity contribution in [3.63, 3.8) is 0 Å². The molecule has 0 bridgehead atoms. The Labute approximate surface area is 184 Å². The van der Waals surface area contributed by atoms with Crippen molar-refractivity contribution < 1.29 is 19.5 Å². The van der Waals surface area contributed by atoms with Gasteiger partial charge in [0.15, 0.2) is 5.11 Å². The zero-order valence-electron chi connectivity index (χ0n) is 16.5. The van der Waals surface area contributed by atoms with Gasteiger partial charge >= 0.3 is 5.97 Å². The van der Waals surface area contributed by atoms with E-state index < -0.39 is 11.9 Å². The monoisotopic (exact) mass is 433 g/mol. The van der Waals surface area contributed by atoms with Gasteiger partial charge in [-0.1, -0.05) is 23.8 Å². The fourth-order valence-corrected chi connectivity index (χ4v) is 2.89. The molecule has 7 nitrogen and oxygen atoms in total. The van der Waals surface area contributed by atoms with E-state index >= 15 is 0 Å². The fourth-order valence-electron chi connectivity index (χ4n) is 2.68. The van der Waals surface area contributed by atoms with E-state index in [0.29, 0.717) is 22.5 Å². The van der Waals surface area contributed by atoms with Crippen LogP contribution in [-0.4, -0.2) is 28.0 Å². The van der Waals surface area contributed by atoms with Gasteiger partial charge in [-0.25, -0.2) is 4.79 Å². The third kappa shape index (κ3) is 5.97. The molecule has 4 N–H and O–H groups in total. The van der Waals surface area contributed by atoms with E-state index in [1.54, 1.807) is 48.5 Å². The summed E-state index contributed by atoms with van der Waals surface area (Å²) in [5, 5.41) is 17.1. The molecule has 156 valence electrons. The van der Waals surface area contributed by atoms with Crippen LogP contribution in [0.5, 0.6) is 0 Å². The van der Waals surface area contributed by atoms with Gasteiger partial charge in [-0.05, 0) is 73.7 Å². The summed E-state index contributed by atoms with van der Waals surface area (Å²) < 4.78 is 0. The van der Waals surface area contributed by atoms with Crippen LogP contribution in [0, 0.1) is 6.92 Å². The Morgan fingerprint density at radius 3 is 2.03 bits per heavy atom. The van der Waals surface area contributed by atoms with Crippen LogP contribution in [0.3, 0.4) is 0 Å². The number of amides is 2. The minimum Gasteiger partial charge on any atom is -0.478 e. The highest BCUT2D eigenvalue weighted by molar-refractivity contribution is 7.80. The molecule has 2 amide bonds. The molecule has 0 atom stereocenters. The molecule has 0 aromatic heterocycles. The van der Waals surface area contributed by atoms with Gasteiger partial charge in [-0.3, -0.25) is 14.9 Å². The Balaban J connectivity index is 1.61. The van der Waals surface area contributed by atoms with Crippen LogP contribution in [0.2, 0.25) is 0 Å². The van der Waals surface area contributed by atoms with Crippen molar-refractivity contribution in [3.8, 4) is 0 Å². The molecule has 3 rings (SSSR count). The van der Waals surface area contributed by atoms with Crippen LogP contribution >= 0.6 is 12.2 Å². The smallest absolute Gasteiger partial charge is 0.335 e. The molecule has 0 aliphatic carbocycles. The Hall–Kier alpha value is -4.04. The first kappa shape index (κ1) is 21.7. The molecule has 0 spiro atoms. The molecule has 3 aromatic rings. The van der Waals surface area contributed by atoms with Gasteiger partial charge in [0.2, 0.25) is 0 Å². The van der Waals surface area contributed by atoms with Crippen molar-refractivity contribution in [2.45, 2.75) is 6.92 Å². The zero-order chi connectivity index (χ0) is 22.4. The molecular formula is C23H19N3O4S. The van der Waals surface area contributed by atoms with Gasteiger partial charge in [0.1, 0.15) is 0 Å². The lowest BCUT2D eigenvalue weighted by Gasteiger charge is -2.11. The molecule has 0 heterocycles. The maximum Gasteiger partial charge on any atom is 0.335 e. The molecule has 0 aliphatic heterocycles. The summed E-state index contributed by atoms with van der Waals surface area (Å²) in [7, 11) is 0. The first-order valence-corrected chi connectivity index (χ1v) is 9.66. The largest absolute Gasteiger partial charge is 0.478 e. The van der Waals surface area contributed by atoms with E-state index in [1.165, 1.54) is 12.1 Å². The predicted molar refractivity (Wildman–Crippen MR) is 123 cm³/mol. The number of anilines is 2. The molecule has 0 fully saturated rings. The average molecular weight is 433 g/mol. The number of carboxylic acids is 1. The molecule has 0 radical (unpaired) electrons. The summed E-state index contributed by atoms with van der Waals surface area (Å²) >= 11 is 5.14. The van der Waals surface area contributed by atoms with Crippen molar-refractivity contribution in [2.75, 3.05) is 10.6 Å². The van der Waals surface area contributed by atoms with Crippen molar-refractivity contribution in [1.29, 1.82) is 0 Å². The topological polar surface area (TPSA) is 108 Å². The molecule has 8 heteroatoms. The first-order valence-electron chi connectivity index (χ1n) is 9.25. The average Bonchev–Trinajstić information content (AvgIpc) is 2.74. The lowest BCUT2D eigenvalue weighted by molar-refractivity contribution is 0.0696. The number of benzene rings is 3. The van der Waals surface area contributed by atoms with Gasteiger partial charge < -0.3 is 15.7 Å². The fraction of sp³-hybridized carbons (Fsp3) is 0.0435. The molecule has 0 aliphatic rings. The number of carbonyl (C=O) groups excluding carboxylic acids is 2. The Kier molecular flexibility index (Phi) is 6.74. The molecule has 0 saturated heterocycles. The SMILES string of the molecule is Cc1ccc(C(=O)Nc2cccc(C(=O)NC(=S)Nc3ccc(C(=O)O)cc3)c2)cc1. The highest BCUT2D eigenvalue weighted by atomic mass is 32.1. The highest BCUT2D eigenvalue weighted by Crippen LogP contribution is 2.14. The van der Waals surface area contributed by atoms with Crippen LogP contribution in [0.1, 0.15) is 36.6 Å². The van der Waals surface area contributed by atoms with Crippen LogP contribution < -0.4 is 16.0 Å². The highest BCUT2D eigenvalue weighted by Gasteiger charge is 2.11. The number of carbonyl (C=O) groups is 3. The Morgan fingerprint density at radius 1 is 0.742 bits per heavy atom. The van der Waals surface area contributed by atoms with E-state index in [1.807, 2.05) is 19.1 Å². The Bertz CT molecular complexity index is 1140. The van der Waals surface area contributed by atoms with E-state index in [-0.39, 0.29) is 16.6 Å². The maximum atomic E-state index is 12.5. The molecular weight excluding hydrogens is 414 g/mol. The van der Waals surface area contributed by atoms with Crippen molar-refractivity contribution in [3.05, 3.63) is 95.1 Å². The number of carboxylic acid groups (broad SMARTS) is 1. The number of aryl methyl sites for hydroxylation is 1. The standard InChI is InChI=1S/C23H19N3O4S/c1-14-5-7-15(8-6-14)20(27)24-19-4-2-3-17(13-19)21(28)26-23(31)25-18-11-9-16(10-12-18)22(29)30/h2-13H,1H3,(H,24,27)(H,29,30)(H2,25,26,28,31). The first-order chi connectivity index (χ1) is 14.8. The number of rotatable bonds is 5. The summed E-state index contributed by atoms with van der Waals surface area (Å²) in [5.74, 6) is -1.76. The number of aromatic carboxylic acids is 1. The summed E-state index contributed by atoms with van der Waals surface area (Å²) in [5.41, 5.74) is 3.03. The van der Waals surface area contributed by atoms with Gasteiger partial charge in [0.25, 0.3) is 11.8 Å². The third-order valence-electron chi connectivity index (χ3n) is 4.31. The minimum atomic E-state index is -1.03. The molecule has 3 aromatic carbocycles. The minimum absolute atomic E-state index is 0.0576. The summed E-state index contributed by atoms with van der Waals surface area (Å²) in [6, 6.07) is 19.6. The van der Waals surface area contributed by atoms with E-state index in [0.717, 1.165) is 5.56 Å². The number of hydrogen-bond donors (Lipinski definition) is 4. The van der Waals surface area contributed by atoms with Crippen molar-refractivity contribution in [1.82, 2.24) is 5.32 Å². The van der Waals surface area contributed by atoms with Crippen molar-refractivity contribution >= 4 is 46.5 Å². The van der Waals surface area contributed by atoms with Gasteiger partial charge in [0, 0.05) is 22.5 Å². The third-order valence-corrected chi connectivity index (χ3v) is 4.52. The van der Waals surface area contributed by atoms with Crippen LogP contribution in [0.15, 0.2) is 72.8 Å². The summed E-state index contributed by atoms with van der Waals surface area (Å²) in [4.78, 5) is 35.8. The van der Waals surface area contributed by atoms with E-state index in [2.05, 4.69) is 16.0 Å². The van der Waals surface area contributed by atoms with Crippen LogP contribution in [0.25, 0.3) is 0 Å². The Morgan fingerprint density at radius 2 is 1.39 bits per heavy atom. The number of nitrogens with one attached hydrogen (secondary N) is 3. The quantitative estimate of drug-likeness (QED) is 0.452. The summed E-state index contributed by atoms with van der Waals surface area (Å²) in [6.07, 6.45) is 0. The zero-order valence-corrected chi connectivity index (χ0v) is 17.3. The number of thiocarbonyl (C=S) groups is 1. The maximum absolute atomic E-state index is 12.5. The molecule has 31 heavy (non-hydrogen) atoms. The second-order valence-electron chi connectivity index (χ2n) is 6.69. The van der Waals surface area contributed by atoms with Gasteiger partial charge in [-0.2, -0.15) is 0 Å². The normalized spacial score (nSPS) is 10.1. The van der Waals surface area contributed by atoms with E-state index in [9.17, 15) is 14.4 Å². The number of hydrogen-bond acceptors (Lipinski definition) is 4. The lowest BCUT2D eigenvalue weighted by Crippen LogP contribution is -2.34. The van der Waals surface area contributed by atoms with Crippen LogP contribution in [-0.2, 0) is 0 Å². The molecule has 0 unspecified atom stereocenters. The second kappa shape index (κ2) is 9.64. The molecule has 0 saturated carbocycles.